The maximum Gasteiger partial charge on any atom is 0.391 e. The highest BCUT2D eigenvalue weighted by atomic mass is 35.5. The molecule has 2 saturated heterocycles. The molecule has 2 aromatic rings. The standard InChI is InChI=1S/C27H33ClF3NO/c1-17-13-21-3-2-4-22(14-17)32(21)16-18-5-11-24-19(15-18)6-12-25(26(24)28)33-23-9-7-20(8-10-23)27(29,30)31/h5-6,11-12,15,17,20-23H,2-4,7-10,13-14,16H2,1H3/t17?,20-,21?,22?,23+. The zero-order valence-electron chi connectivity index (χ0n) is 19.2. The van der Waals surface area contributed by atoms with Gasteiger partial charge in [0.25, 0.3) is 0 Å². The van der Waals surface area contributed by atoms with Crippen LogP contribution in [0.1, 0.15) is 70.3 Å². The molecule has 1 aliphatic carbocycles. The molecule has 2 unspecified atom stereocenters. The second-order valence-corrected chi connectivity index (χ2v) is 10.9. The van der Waals surface area contributed by atoms with Gasteiger partial charge < -0.3 is 4.74 Å². The zero-order valence-corrected chi connectivity index (χ0v) is 20.0. The van der Waals surface area contributed by atoms with Crippen molar-refractivity contribution in [3.63, 3.8) is 0 Å². The molecular formula is C27H33ClF3NO. The Kier molecular flexibility index (Phi) is 6.56. The summed E-state index contributed by atoms with van der Waals surface area (Å²) in [7, 11) is 0. The van der Waals surface area contributed by atoms with Gasteiger partial charge in [0.05, 0.1) is 17.0 Å². The van der Waals surface area contributed by atoms with E-state index < -0.39 is 12.1 Å². The number of halogens is 4. The molecule has 2 aliphatic heterocycles. The van der Waals surface area contributed by atoms with Gasteiger partial charge in [-0.3, -0.25) is 4.90 Å². The van der Waals surface area contributed by atoms with Crippen LogP contribution in [-0.4, -0.2) is 29.3 Å². The van der Waals surface area contributed by atoms with E-state index in [1.807, 2.05) is 12.1 Å². The summed E-state index contributed by atoms with van der Waals surface area (Å²) in [4.78, 5) is 2.72. The summed E-state index contributed by atoms with van der Waals surface area (Å²) in [5, 5.41) is 2.58. The van der Waals surface area contributed by atoms with Crippen LogP contribution in [0.2, 0.25) is 5.02 Å². The Labute approximate surface area is 199 Å². The lowest BCUT2D eigenvalue weighted by Gasteiger charge is -2.48. The van der Waals surface area contributed by atoms with Crippen LogP contribution < -0.4 is 4.74 Å². The second-order valence-electron chi connectivity index (χ2n) is 10.6. The SMILES string of the molecule is CC1CC2CCCC(C1)N2Cc1ccc2c(Cl)c(O[C@H]3CC[C@@H](C(F)(F)F)CC3)ccc2c1. The zero-order chi connectivity index (χ0) is 23.2. The Morgan fingerprint density at radius 1 is 0.970 bits per heavy atom. The average Bonchev–Trinajstić information content (AvgIpc) is 2.76. The van der Waals surface area contributed by atoms with Crippen molar-refractivity contribution in [3.8, 4) is 5.75 Å². The summed E-state index contributed by atoms with van der Waals surface area (Å²) in [6, 6.07) is 11.8. The largest absolute Gasteiger partial charge is 0.489 e. The first kappa shape index (κ1) is 23.3. The summed E-state index contributed by atoms with van der Waals surface area (Å²) < 4.78 is 44.9. The number of piperidine rings is 2. The van der Waals surface area contributed by atoms with E-state index in [0.29, 0.717) is 35.7 Å². The predicted octanol–water partition coefficient (Wildman–Crippen LogP) is 8.15. The van der Waals surface area contributed by atoms with Crippen LogP contribution in [0.5, 0.6) is 5.75 Å². The van der Waals surface area contributed by atoms with Crippen LogP contribution in [0, 0.1) is 11.8 Å². The van der Waals surface area contributed by atoms with Crippen molar-refractivity contribution in [2.45, 2.75) is 95.6 Å². The van der Waals surface area contributed by atoms with E-state index >= 15 is 0 Å². The van der Waals surface area contributed by atoms with E-state index in [9.17, 15) is 13.2 Å². The fourth-order valence-electron chi connectivity index (χ4n) is 6.42. The molecule has 3 fully saturated rings. The molecule has 2 heterocycles. The number of fused-ring (bicyclic) bond motifs is 3. The van der Waals surface area contributed by atoms with Gasteiger partial charge in [-0.1, -0.05) is 43.1 Å². The average molecular weight is 480 g/mol. The molecule has 0 radical (unpaired) electrons. The fraction of sp³-hybridized carbons (Fsp3) is 0.630. The van der Waals surface area contributed by atoms with E-state index in [1.165, 1.54) is 37.7 Å². The van der Waals surface area contributed by atoms with E-state index in [0.717, 1.165) is 23.2 Å². The second kappa shape index (κ2) is 9.30. The Morgan fingerprint density at radius 3 is 2.33 bits per heavy atom. The number of benzene rings is 2. The van der Waals surface area contributed by atoms with Gasteiger partial charge in [-0.05, 0) is 80.4 Å². The highest BCUT2D eigenvalue weighted by molar-refractivity contribution is 6.37. The topological polar surface area (TPSA) is 12.5 Å². The number of rotatable bonds is 4. The minimum absolute atomic E-state index is 0.125. The Hall–Kier alpha value is -1.46. The van der Waals surface area contributed by atoms with E-state index in [1.54, 1.807) is 0 Å². The molecule has 2 bridgehead atoms. The molecule has 1 saturated carbocycles. The number of hydrogen-bond donors (Lipinski definition) is 0. The van der Waals surface area contributed by atoms with Crippen LogP contribution >= 0.6 is 11.6 Å². The third-order valence-electron chi connectivity index (χ3n) is 8.14. The molecule has 0 amide bonds. The molecule has 3 aliphatic rings. The number of hydrogen-bond acceptors (Lipinski definition) is 2. The first-order chi connectivity index (χ1) is 15.8. The van der Waals surface area contributed by atoms with Gasteiger partial charge >= 0.3 is 6.18 Å². The summed E-state index contributed by atoms with van der Waals surface area (Å²) in [5.41, 5.74) is 1.31. The molecule has 2 aromatic carbocycles. The van der Waals surface area contributed by atoms with Crippen molar-refractivity contribution < 1.29 is 17.9 Å². The van der Waals surface area contributed by atoms with Crippen LogP contribution in [0.3, 0.4) is 0 Å². The van der Waals surface area contributed by atoms with E-state index in [2.05, 4.69) is 30.0 Å². The lowest BCUT2D eigenvalue weighted by atomic mass is 9.79. The van der Waals surface area contributed by atoms with Gasteiger partial charge in [-0.25, -0.2) is 0 Å². The summed E-state index contributed by atoms with van der Waals surface area (Å²) in [6.45, 7) is 3.37. The van der Waals surface area contributed by atoms with Crippen molar-refractivity contribution in [3.05, 3.63) is 40.9 Å². The van der Waals surface area contributed by atoms with Crippen molar-refractivity contribution in [1.29, 1.82) is 0 Å². The summed E-state index contributed by atoms with van der Waals surface area (Å²) in [6.07, 6.45) is 3.35. The lowest BCUT2D eigenvalue weighted by molar-refractivity contribution is -0.185. The first-order valence-electron chi connectivity index (χ1n) is 12.5. The monoisotopic (exact) mass is 479 g/mol. The third kappa shape index (κ3) is 5.00. The molecule has 0 N–H and O–H groups in total. The van der Waals surface area contributed by atoms with Crippen molar-refractivity contribution in [1.82, 2.24) is 4.90 Å². The molecule has 33 heavy (non-hydrogen) atoms. The fourth-order valence-corrected chi connectivity index (χ4v) is 6.70. The highest BCUT2D eigenvalue weighted by Gasteiger charge is 2.42. The smallest absolute Gasteiger partial charge is 0.391 e. The van der Waals surface area contributed by atoms with Crippen molar-refractivity contribution in [2.75, 3.05) is 0 Å². The van der Waals surface area contributed by atoms with Gasteiger partial charge in [-0.15, -0.1) is 0 Å². The maximum atomic E-state index is 12.9. The normalized spacial score (nSPS) is 31.0. The van der Waals surface area contributed by atoms with Crippen molar-refractivity contribution in [2.24, 2.45) is 11.8 Å². The van der Waals surface area contributed by atoms with Crippen LogP contribution in [0.4, 0.5) is 13.2 Å². The van der Waals surface area contributed by atoms with Gasteiger partial charge in [0.1, 0.15) is 5.75 Å². The maximum absolute atomic E-state index is 12.9. The molecular weight excluding hydrogens is 447 g/mol. The van der Waals surface area contributed by atoms with E-state index in [-0.39, 0.29) is 18.9 Å². The molecule has 180 valence electrons. The lowest BCUT2D eigenvalue weighted by Crippen LogP contribution is -2.51. The highest BCUT2D eigenvalue weighted by Crippen LogP contribution is 2.41. The Balaban J connectivity index is 1.27. The molecule has 0 spiro atoms. The Bertz CT molecular complexity index is 971. The molecule has 0 aromatic heterocycles. The predicted molar refractivity (Wildman–Crippen MR) is 127 cm³/mol. The van der Waals surface area contributed by atoms with Gasteiger partial charge in [-0.2, -0.15) is 13.2 Å². The van der Waals surface area contributed by atoms with Gasteiger partial charge in [0, 0.05) is 24.0 Å². The number of ether oxygens (including phenoxy) is 1. The minimum atomic E-state index is -4.10. The minimum Gasteiger partial charge on any atom is -0.489 e. The molecule has 5 rings (SSSR count). The van der Waals surface area contributed by atoms with Gasteiger partial charge in [0.2, 0.25) is 0 Å². The van der Waals surface area contributed by atoms with Crippen molar-refractivity contribution >= 4 is 22.4 Å². The quantitative estimate of drug-likeness (QED) is 0.438. The van der Waals surface area contributed by atoms with Crippen LogP contribution in [0.25, 0.3) is 10.8 Å². The first-order valence-corrected chi connectivity index (χ1v) is 12.9. The third-order valence-corrected chi connectivity index (χ3v) is 8.53. The number of nitrogens with zero attached hydrogens (tertiary/aromatic N) is 1. The van der Waals surface area contributed by atoms with E-state index in [4.69, 9.17) is 16.3 Å². The van der Waals surface area contributed by atoms with Crippen LogP contribution in [0.15, 0.2) is 30.3 Å². The van der Waals surface area contributed by atoms with Gasteiger partial charge in [0.15, 0.2) is 0 Å². The summed E-state index contributed by atoms with van der Waals surface area (Å²) >= 11 is 6.68. The molecule has 2 atom stereocenters. The van der Waals surface area contributed by atoms with Crippen LogP contribution in [-0.2, 0) is 6.54 Å². The molecule has 6 heteroatoms. The molecule has 2 nitrogen and oxygen atoms in total. The Morgan fingerprint density at radius 2 is 1.67 bits per heavy atom. The number of alkyl halides is 3. The summed E-state index contributed by atoms with van der Waals surface area (Å²) in [5.74, 6) is 0.200.